The highest BCUT2D eigenvalue weighted by molar-refractivity contribution is 7.83. The number of urea groups is 1. The number of thiazole rings is 1. The molecule has 2 aliphatic rings. The Balaban J connectivity index is 1.73. The summed E-state index contributed by atoms with van der Waals surface area (Å²) >= 11 is 5.59. The highest BCUT2D eigenvalue weighted by Gasteiger charge is 2.34. The normalized spacial score (nSPS) is 22.5. The van der Waals surface area contributed by atoms with E-state index in [1.807, 2.05) is 4.90 Å². The molecular weight excluding hydrogens is 332 g/mol. The van der Waals surface area contributed by atoms with E-state index in [2.05, 4.69) is 28.2 Å². The van der Waals surface area contributed by atoms with E-state index < -0.39 is 0 Å². The number of amides is 3. The zero-order valence-electron chi connectivity index (χ0n) is 13.0. The fourth-order valence-electron chi connectivity index (χ4n) is 3.43. The van der Waals surface area contributed by atoms with E-state index in [-0.39, 0.29) is 24.0 Å². The molecule has 3 rings (SSSR count). The molecule has 0 unspecified atom stereocenters. The molecule has 8 heteroatoms. The van der Waals surface area contributed by atoms with Gasteiger partial charge in [0.1, 0.15) is 0 Å². The van der Waals surface area contributed by atoms with Gasteiger partial charge in [0.05, 0.1) is 16.4 Å². The molecule has 3 amide bonds. The van der Waals surface area contributed by atoms with Gasteiger partial charge in [-0.1, -0.05) is 30.6 Å². The fourth-order valence-corrected chi connectivity index (χ4v) is 4.29. The van der Waals surface area contributed by atoms with Crippen molar-refractivity contribution in [2.75, 3.05) is 11.9 Å². The number of thiol groups is 1. The Kier molecular flexibility index (Phi) is 5.42. The van der Waals surface area contributed by atoms with Crippen LogP contribution in [0.4, 0.5) is 9.93 Å². The average molecular weight is 355 g/mol. The summed E-state index contributed by atoms with van der Waals surface area (Å²) in [5.74, 6) is 0.0740. The van der Waals surface area contributed by atoms with Gasteiger partial charge in [0, 0.05) is 19.0 Å². The van der Waals surface area contributed by atoms with Crippen LogP contribution in [0.1, 0.15) is 44.9 Å². The molecule has 0 bridgehead atoms. The van der Waals surface area contributed by atoms with E-state index in [9.17, 15) is 9.59 Å². The van der Waals surface area contributed by atoms with E-state index in [4.69, 9.17) is 0 Å². The molecule has 1 saturated heterocycles. The second-order valence-corrected chi connectivity index (χ2v) is 7.94. The molecule has 1 atom stereocenters. The maximum Gasteiger partial charge on any atom is 0.324 e. The van der Waals surface area contributed by atoms with Crippen molar-refractivity contribution < 1.29 is 9.59 Å². The SMILES string of the molecule is O=C1CC[C@H](N(C(=O)Nc2ncc(S)s2)C2CCCCC2)CN1. The first-order valence-corrected chi connectivity index (χ1v) is 9.40. The monoisotopic (exact) mass is 354 g/mol. The number of hydrogen-bond acceptors (Lipinski definition) is 5. The Bertz CT molecular complexity index is 562. The lowest BCUT2D eigenvalue weighted by Crippen LogP contribution is -2.55. The molecule has 0 spiro atoms. The van der Waals surface area contributed by atoms with Gasteiger partial charge in [-0.25, -0.2) is 9.78 Å². The molecule has 2 N–H and O–H groups in total. The zero-order chi connectivity index (χ0) is 16.2. The number of nitrogens with one attached hydrogen (secondary N) is 2. The smallest absolute Gasteiger partial charge is 0.324 e. The van der Waals surface area contributed by atoms with Gasteiger partial charge in [-0.05, 0) is 19.3 Å². The Morgan fingerprint density at radius 3 is 2.70 bits per heavy atom. The second kappa shape index (κ2) is 7.53. The molecule has 1 saturated carbocycles. The van der Waals surface area contributed by atoms with Crippen LogP contribution in [0.5, 0.6) is 0 Å². The van der Waals surface area contributed by atoms with E-state index in [0.29, 0.717) is 18.1 Å². The highest BCUT2D eigenvalue weighted by Crippen LogP contribution is 2.28. The quantitative estimate of drug-likeness (QED) is 0.731. The van der Waals surface area contributed by atoms with E-state index in [1.54, 1.807) is 6.20 Å². The molecule has 1 aromatic rings. The van der Waals surface area contributed by atoms with Gasteiger partial charge in [0.2, 0.25) is 5.91 Å². The van der Waals surface area contributed by atoms with Gasteiger partial charge in [0.15, 0.2) is 5.13 Å². The molecule has 2 fully saturated rings. The molecular formula is C15H22N4O2S2. The first-order chi connectivity index (χ1) is 11.1. The molecule has 6 nitrogen and oxygen atoms in total. The summed E-state index contributed by atoms with van der Waals surface area (Å²) in [6.07, 6.45) is 8.47. The standard InChI is InChI=1S/C15H22N4O2S2/c20-12-7-6-11(8-16-12)19(10-4-2-1-3-5-10)15(21)18-14-17-9-13(22)23-14/h9-11,22H,1-8H2,(H,16,20)(H,17,18,21)/t11-/m0/s1. The van der Waals surface area contributed by atoms with Gasteiger partial charge in [-0.15, -0.1) is 12.6 Å². The summed E-state index contributed by atoms with van der Waals surface area (Å²) < 4.78 is 0.773. The predicted octanol–water partition coefficient (Wildman–Crippen LogP) is 2.88. The first kappa shape index (κ1) is 16.6. The predicted molar refractivity (Wildman–Crippen MR) is 93.1 cm³/mol. The average Bonchev–Trinajstić information content (AvgIpc) is 2.95. The van der Waals surface area contributed by atoms with Gasteiger partial charge in [-0.3, -0.25) is 10.1 Å². The number of carbonyl (C=O) groups is 2. The van der Waals surface area contributed by atoms with Crippen LogP contribution in [-0.2, 0) is 4.79 Å². The summed E-state index contributed by atoms with van der Waals surface area (Å²) in [7, 11) is 0. The first-order valence-electron chi connectivity index (χ1n) is 8.14. The molecule has 0 aromatic carbocycles. The van der Waals surface area contributed by atoms with Crippen LogP contribution in [0.25, 0.3) is 0 Å². The Labute approximate surface area is 145 Å². The maximum atomic E-state index is 12.8. The van der Waals surface area contributed by atoms with Crippen LogP contribution >= 0.6 is 24.0 Å². The Hall–Kier alpha value is -1.28. The molecule has 2 heterocycles. The van der Waals surface area contributed by atoms with Gasteiger partial charge < -0.3 is 10.2 Å². The third-order valence-corrected chi connectivity index (χ3v) is 5.65. The van der Waals surface area contributed by atoms with Crippen LogP contribution in [0.2, 0.25) is 0 Å². The molecule has 1 aliphatic heterocycles. The number of rotatable bonds is 3. The Morgan fingerprint density at radius 2 is 2.09 bits per heavy atom. The summed E-state index contributed by atoms with van der Waals surface area (Å²) in [6, 6.07) is 0.200. The summed E-state index contributed by atoms with van der Waals surface area (Å²) in [5.41, 5.74) is 0. The zero-order valence-corrected chi connectivity index (χ0v) is 14.7. The van der Waals surface area contributed by atoms with Crippen molar-refractivity contribution in [3.05, 3.63) is 6.20 Å². The number of piperidine rings is 1. The van der Waals surface area contributed by atoms with Crippen molar-refractivity contribution in [1.29, 1.82) is 0 Å². The van der Waals surface area contributed by atoms with Crippen molar-refractivity contribution in [2.24, 2.45) is 0 Å². The maximum absolute atomic E-state index is 12.8. The van der Waals surface area contributed by atoms with Crippen molar-refractivity contribution >= 4 is 41.0 Å². The molecule has 126 valence electrons. The largest absolute Gasteiger partial charge is 0.354 e. The van der Waals surface area contributed by atoms with Crippen LogP contribution in [0.3, 0.4) is 0 Å². The fraction of sp³-hybridized carbons (Fsp3) is 0.667. The minimum atomic E-state index is -0.110. The van der Waals surface area contributed by atoms with Crippen LogP contribution < -0.4 is 10.6 Å². The van der Waals surface area contributed by atoms with E-state index in [0.717, 1.165) is 36.3 Å². The molecule has 0 radical (unpaired) electrons. The second-order valence-electron chi connectivity index (χ2n) is 6.13. The number of nitrogens with zero attached hydrogens (tertiary/aromatic N) is 2. The van der Waals surface area contributed by atoms with E-state index in [1.165, 1.54) is 17.8 Å². The summed E-state index contributed by atoms with van der Waals surface area (Å²) in [6.45, 7) is 0.540. The van der Waals surface area contributed by atoms with Crippen LogP contribution in [0, 0.1) is 0 Å². The molecule has 1 aliphatic carbocycles. The minimum Gasteiger partial charge on any atom is -0.354 e. The van der Waals surface area contributed by atoms with Crippen molar-refractivity contribution in [3.63, 3.8) is 0 Å². The summed E-state index contributed by atoms with van der Waals surface area (Å²) in [4.78, 5) is 30.4. The third-order valence-electron chi connectivity index (χ3n) is 4.54. The number of aromatic nitrogens is 1. The third kappa shape index (κ3) is 4.17. The minimum absolute atomic E-state index is 0.0613. The molecule has 1 aromatic heterocycles. The highest BCUT2D eigenvalue weighted by atomic mass is 32.2. The lowest BCUT2D eigenvalue weighted by atomic mass is 9.92. The number of hydrogen-bond donors (Lipinski definition) is 3. The topological polar surface area (TPSA) is 74.3 Å². The Morgan fingerprint density at radius 1 is 1.30 bits per heavy atom. The lowest BCUT2D eigenvalue weighted by molar-refractivity contribution is -0.123. The number of carbonyl (C=O) groups excluding carboxylic acids is 2. The number of anilines is 1. The van der Waals surface area contributed by atoms with Crippen molar-refractivity contribution in [2.45, 2.75) is 61.2 Å². The van der Waals surface area contributed by atoms with Crippen LogP contribution in [-0.4, -0.2) is 40.5 Å². The van der Waals surface area contributed by atoms with Gasteiger partial charge >= 0.3 is 6.03 Å². The van der Waals surface area contributed by atoms with Crippen molar-refractivity contribution in [1.82, 2.24) is 15.2 Å². The van der Waals surface area contributed by atoms with E-state index >= 15 is 0 Å². The van der Waals surface area contributed by atoms with Gasteiger partial charge in [-0.2, -0.15) is 0 Å². The lowest BCUT2D eigenvalue weighted by Gasteiger charge is -2.41. The van der Waals surface area contributed by atoms with Crippen LogP contribution in [0.15, 0.2) is 10.4 Å². The van der Waals surface area contributed by atoms with Crippen molar-refractivity contribution in [3.8, 4) is 0 Å². The van der Waals surface area contributed by atoms with Gasteiger partial charge in [0.25, 0.3) is 0 Å². The molecule has 23 heavy (non-hydrogen) atoms. The summed E-state index contributed by atoms with van der Waals surface area (Å²) in [5, 5.41) is 6.36.